The van der Waals surface area contributed by atoms with Gasteiger partial charge in [0.1, 0.15) is 5.82 Å². The van der Waals surface area contributed by atoms with Crippen molar-refractivity contribution < 1.29 is 19.2 Å². The van der Waals surface area contributed by atoms with Gasteiger partial charge in [-0.2, -0.15) is 0 Å². The highest BCUT2D eigenvalue weighted by molar-refractivity contribution is 8.13. The molecule has 3 atom stereocenters. The molecule has 0 aromatic carbocycles. The number of likely N-dealkylation sites (tertiary alicyclic amines) is 1. The molecule has 160 valence electrons. The number of fused-ring (bicyclic) bond motifs is 1. The third kappa shape index (κ3) is 3.32. The molecule has 3 unspecified atom stereocenters. The fourth-order valence-electron chi connectivity index (χ4n) is 4.24. The molecule has 2 N–H and O–H groups in total. The van der Waals surface area contributed by atoms with E-state index in [9.17, 15) is 9.90 Å². The highest BCUT2D eigenvalue weighted by atomic mass is 32.2. The van der Waals surface area contributed by atoms with Crippen molar-refractivity contribution in [2.75, 3.05) is 6.54 Å². The molecule has 0 saturated carbocycles. The first-order valence-electron chi connectivity index (χ1n) is 10.3. The highest BCUT2D eigenvalue weighted by Gasteiger charge is 2.54. The molecule has 2 fully saturated rings. The molecule has 1 amide bonds. The molecule has 4 aliphatic rings. The topological polar surface area (TPSA) is 87.7 Å². The van der Waals surface area contributed by atoms with Crippen LogP contribution in [0.25, 0.3) is 4.91 Å². The number of carbonyl (C=O) groups is 1. The molecule has 1 aromatic rings. The van der Waals surface area contributed by atoms with Gasteiger partial charge in [0.25, 0.3) is 0 Å². The maximum absolute atomic E-state index is 11.4. The Balaban J connectivity index is 1.27. The predicted molar refractivity (Wildman–Crippen MR) is 120 cm³/mol. The van der Waals surface area contributed by atoms with Gasteiger partial charge in [-0.15, -0.1) is 23.5 Å². The quantitative estimate of drug-likeness (QED) is 0.668. The maximum atomic E-state index is 11.4. The lowest BCUT2D eigenvalue weighted by atomic mass is 9.89. The number of thioether (sulfide) groups is 2. The van der Waals surface area contributed by atoms with Crippen LogP contribution in [0.15, 0.2) is 23.2 Å². The molecule has 5 heterocycles. The average molecular weight is 447 g/mol. The molecule has 30 heavy (non-hydrogen) atoms. The summed E-state index contributed by atoms with van der Waals surface area (Å²) in [6.45, 7) is 8.87. The second-order valence-electron chi connectivity index (χ2n) is 9.17. The molecule has 0 radical (unpaired) electrons. The van der Waals surface area contributed by atoms with E-state index < -0.39 is 6.09 Å². The van der Waals surface area contributed by atoms with Gasteiger partial charge < -0.3 is 19.4 Å². The van der Waals surface area contributed by atoms with Crippen LogP contribution in [-0.4, -0.2) is 61.4 Å². The Morgan fingerprint density at radius 3 is 2.60 bits per heavy atom. The standard InChI is InChI=1S/C20H26BN3O4S2/c1-19(2)20(3,4)28-21(27-19)16-9-15-14(30-16)8-13(29-15)11-10-22-17(23-11)12-6-5-7-24(12)18(25)26/h8-10,12,14-15H,5-7H2,1-4H3,(H,22,23)(H,25,26). The first kappa shape index (κ1) is 20.5. The molecular weight excluding hydrogens is 421 g/mol. The molecule has 1 aromatic heterocycles. The van der Waals surface area contributed by atoms with Crippen molar-refractivity contribution in [1.29, 1.82) is 0 Å². The van der Waals surface area contributed by atoms with Crippen LogP contribution in [-0.2, 0) is 9.31 Å². The number of aromatic amines is 1. The summed E-state index contributed by atoms with van der Waals surface area (Å²) in [6.07, 6.45) is 7.18. The molecule has 10 heteroatoms. The smallest absolute Gasteiger partial charge is 0.465 e. The summed E-state index contributed by atoms with van der Waals surface area (Å²) in [6, 6.07) is -0.174. The molecule has 2 saturated heterocycles. The van der Waals surface area contributed by atoms with Crippen LogP contribution in [0.1, 0.15) is 58.1 Å². The zero-order chi connectivity index (χ0) is 21.3. The number of imidazole rings is 1. The third-order valence-corrected chi connectivity index (χ3v) is 9.45. The van der Waals surface area contributed by atoms with Gasteiger partial charge in [0.15, 0.2) is 0 Å². The second kappa shape index (κ2) is 7.08. The number of aromatic nitrogens is 2. The van der Waals surface area contributed by atoms with E-state index in [1.54, 1.807) is 0 Å². The van der Waals surface area contributed by atoms with Crippen molar-refractivity contribution in [3.8, 4) is 0 Å². The van der Waals surface area contributed by atoms with Crippen molar-refractivity contribution >= 4 is 41.6 Å². The van der Waals surface area contributed by atoms with Crippen molar-refractivity contribution in [2.24, 2.45) is 0 Å². The van der Waals surface area contributed by atoms with Crippen molar-refractivity contribution in [1.82, 2.24) is 14.9 Å². The number of nitrogens with zero attached hydrogens (tertiary/aromatic N) is 2. The monoisotopic (exact) mass is 447 g/mol. The predicted octanol–water partition coefficient (Wildman–Crippen LogP) is 4.31. The Labute approximate surface area is 185 Å². The number of nitrogens with one attached hydrogen (secondary N) is 1. The molecule has 5 rings (SSSR count). The lowest BCUT2D eigenvalue weighted by molar-refractivity contribution is 0.00578. The normalized spacial score (nSPS) is 31.8. The van der Waals surface area contributed by atoms with Crippen LogP contribution >= 0.6 is 23.5 Å². The minimum absolute atomic E-state index is 0.174. The number of rotatable bonds is 3. The van der Waals surface area contributed by atoms with Crippen LogP contribution < -0.4 is 0 Å². The Morgan fingerprint density at radius 2 is 1.93 bits per heavy atom. The van der Waals surface area contributed by atoms with E-state index in [1.165, 1.54) is 9.81 Å². The number of carboxylic acid groups (broad SMARTS) is 1. The molecule has 4 aliphatic heterocycles. The number of hydrogen-bond acceptors (Lipinski definition) is 6. The summed E-state index contributed by atoms with van der Waals surface area (Å²) in [4.78, 5) is 23.1. The SMILES string of the molecule is CC1(C)OB(C2=CC3SC(c4cnc(C5CCCN5C(=O)O)[nH]4)=CC3S2)OC1(C)C. The van der Waals surface area contributed by atoms with Crippen molar-refractivity contribution in [3.63, 3.8) is 0 Å². The number of amides is 1. The van der Waals surface area contributed by atoms with E-state index in [0.29, 0.717) is 17.0 Å². The Morgan fingerprint density at radius 1 is 1.23 bits per heavy atom. The zero-order valence-corrected chi connectivity index (χ0v) is 19.2. The fourth-order valence-corrected chi connectivity index (χ4v) is 7.09. The van der Waals surface area contributed by atoms with Crippen LogP contribution in [0.5, 0.6) is 0 Å². The zero-order valence-electron chi connectivity index (χ0n) is 17.5. The van der Waals surface area contributed by atoms with E-state index in [2.05, 4.69) is 49.8 Å². The van der Waals surface area contributed by atoms with Gasteiger partial charge in [0.2, 0.25) is 0 Å². The van der Waals surface area contributed by atoms with Crippen molar-refractivity contribution in [3.05, 3.63) is 34.7 Å². The highest BCUT2D eigenvalue weighted by Crippen LogP contribution is 2.53. The summed E-state index contributed by atoms with van der Waals surface area (Å²) in [5, 5.41) is 10.1. The third-order valence-electron chi connectivity index (χ3n) is 6.66. The van der Waals surface area contributed by atoms with E-state index in [1.807, 2.05) is 29.7 Å². The molecule has 7 nitrogen and oxygen atoms in total. The second-order valence-corrected chi connectivity index (χ2v) is 11.6. The largest absolute Gasteiger partial charge is 0.501 e. The minimum atomic E-state index is -0.879. The lowest BCUT2D eigenvalue weighted by Crippen LogP contribution is -2.41. The average Bonchev–Trinajstić information content (AvgIpc) is 3.40. The first-order valence-corrected chi connectivity index (χ1v) is 12.1. The molecule has 0 bridgehead atoms. The number of hydrogen-bond donors (Lipinski definition) is 2. The Bertz CT molecular complexity index is 928. The van der Waals surface area contributed by atoms with Gasteiger partial charge >= 0.3 is 13.2 Å². The summed E-state index contributed by atoms with van der Waals surface area (Å²) in [5.74, 6) is 0.740. The van der Waals surface area contributed by atoms with Gasteiger partial charge in [-0.1, -0.05) is 12.2 Å². The summed E-state index contributed by atoms with van der Waals surface area (Å²) in [5.41, 5.74) is 0.301. The number of H-pyrrole nitrogens is 1. The first-order chi connectivity index (χ1) is 14.1. The van der Waals surface area contributed by atoms with E-state index in [-0.39, 0.29) is 24.4 Å². The molecule has 0 spiro atoms. The van der Waals surface area contributed by atoms with Gasteiger partial charge in [-0.05, 0) is 40.5 Å². The van der Waals surface area contributed by atoms with Crippen molar-refractivity contribution in [2.45, 2.75) is 68.3 Å². The van der Waals surface area contributed by atoms with Crippen LogP contribution in [0, 0.1) is 0 Å². The summed E-state index contributed by atoms with van der Waals surface area (Å²) >= 11 is 3.62. The summed E-state index contributed by atoms with van der Waals surface area (Å²) in [7, 11) is -0.300. The Kier molecular flexibility index (Phi) is 4.85. The molecular formula is C20H26BN3O4S2. The maximum Gasteiger partial charge on any atom is 0.501 e. The van der Waals surface area contributed by atoms with E-state index >= 15 is 0 Å². The minimum Gasteiger partial charge on any atom is -0.465 e. The summed E-state index contributed by atoms with van der Waals surface area (Å²) < 4.78 is 12.4. The molecule has 0 aliphatic carbocycles. The van der Waals surface area contributed by atoms with E-state index in [0.717, 1.165) is 29.2 Å². The lowest BCUT2D eigenvalue weighted by Gasteiger charge is -2.32. The van der Waals surface area contributed by atoms with Crippen LogP contribution in [0.2, 0.25) is 0 Å². The van der Waals surface area contributed by atoms with Gasteiger partial charge in [-0.25, -0.2) is 9.78 Å². The van der Waals surface area contributed by atoms with Gasteiger partial charge in [-0.3, -0.25) is 4.90 Å². The van der Waals surface area contributed by atoms with Crippen LogP contribution in [0.4, 0.5) is 4.79 Å². The van der Waals surface area contributed by atoms with Gasteiger partial charge in [0.05, 0.1) is 29.1 Å². The van der Waals surface area contributed by atoms with Crippen LogP contribution in [0.3, 0.4) is 0 Å². The Hall–Kier alpha value is -1.36. The van der Waals surface area contributed by atoms with E-state index in [4.69, 9.17) is 9.31 Å². The fraction of sp³-hybridized carbons (Fsp3) is 0.600. The van der Waals surface area contributed by atoms with Gasteiger partial charge in [0, 0.05) is 26.8 Å².